The topological polar surface area (TPSA) is 97.8 Å². The smallest absolute Gasteiger partial charge is 0.545 e. The molecule has 0 bridgehead atoms. The molecule has 0 amide bonds. The van der Waals surface area contributed by atoms with Crippen molar-refractivity contribution in [3.05, 3.63) is 88.8 Å². The van der Waals surface area contributed by atoms with Gasteiger partial charge in [0.2, 0.25) is 6.79 Å². The summed E-state index contributed by atoms with van der Waals surface area (Å²) in [6, 6.07) is 15.1. The summed E-state index contributed by atoms with van der Waals surface area (Å²) in [4.78, 5) is 30.6. The summed E-state index contributed by atoms with van der Waals surface area (Å²) in [5.41, 5.74) is 2.22. The number of benzene rings is 2. The number of unbranched alkanes of at least 4 members (excludes halogenated alkanes) is 1. The van der Waals surface area contributed by atoms with Crippen LogP contribution in [0.1, 0.15) is 46.9 Å². The normalized spacial score (nSPS) is 12.4. The van der Waals surface area contributed by atoms with Gasteiger partial charge in [-0.25, -0.2) is 0 Å². The van der Waals surface area contributed by atoms with Crippen LogP contribution in [0.25, 0.3) is 5.57 Å². The first-order valence-electron chi connectivity index (χ1n) is 11.5. The number of ether oxygens (including phenoxy) is 3. The van der Waals surface area contributed by atoms with E-state index in [9.17, 15) is 14.7 Å². The molecule has 0 radical (unpaired) electrons. The van der Waals surface area contributed by atoms with Crippen molar-refractivity contribution >= 4 is 17.3 Å². The van der Waals surface area contributed by atoms with Crippen molar-refractivity contribution in [2.24, 2.45) is 0 Å². The SMILES string of the molecule is CCCCc1ccc(C/C(C(=O)c2ccc(OC)cc2)=C(/C(=O)[O-])c2ccc3c(c2)OCO3)cn1.[Na+]. The van der Waals surface area contributed by atoms with Gasteiger partial charge in [0, 0.05) is 35.0 Å². The van der Waals surface area contributed by atoms with Crippen molar-refractivity contribution in [1.82, 2.24) is 4.98 Å². The number of carbonyl (C=O) groups is 2. The molecule has 2 heterocycles. The second-order valence-corrected chi connectivity index (χ2v) is 8.20. The van der Waals surface area contributed by atoms with Crippen molar-refractivity contribution in [2.75, 3.05) is 13.9 Å². The summed E-state index contributed by atoms with van der Waals surface area (Å²) in [6.45, 7) is 2.17. The Morgan fingerprint density at radius 1 is 1.00 bits per heavy atom. The molecular weight excluding hydrogens is 469 g/mol. The van der Waals surface area contributed by atoms with Gasteiger partial charge in [-0.1, -0.05) is 25.5 Å². The molecule has 1 aliphatic heterocycles. The van der Waals surface area contributed by atoms with E-state index < -0.39 is 11.8 Å². The Kier molecular flexibility index (Phi) is 9.70. The number of carbonyl (C=O) groups excluding carboxylic acids is 2. The van der Waals surface area contributed by atoms with Gasteiger partial charge < -0.3 is 24.1 Å². The minimum absolute atomic E-state index is 0. The first-order chi connectivity index (χ1) is 17.0. The Balaban J connectivity index is 0.00000361. The minimum atomic E-state index is -1.45. The number of methoxy groups -OCH3 is 1. The second-order valence-electron chi connectivity index (χ2n) is 8.20. The van der Waals surface area contributed by atoms with Crippen LogP contribution in [0.3, 0.4) is 0 Å². The number of aryl methyl sites for hydroxylation is 1. The molecule has 1 aliphatic rings. The van der Waals surface area contributed by atoms with Crippen LogP contribution in [0.5, 0.6) is 17.2 Å². The molecule has 7 nitrogen and oxygen atoms in total. The minimum Gasteiger partial charge on any atom is -0.545 e. The summed E-state index contributed by atoms with van der Waals surface area (Å²) in [5, 5.41) is 12.4. The van der Waals surface area contributed by atoms with E-state index in [1.165, 1.54) is 7.11 Å². The van der Waals surface area contributed by atoms with Gasteiger partial charge in [0.15, 0.2) is 17.3 Å². The van der Waals surface area contributed by atoms with Crippen LogP contribution >= 0.6 is 0 Å². The predicted molar refractivity (Wildman–Crippen MR) is 128 cm³/mol. The number of aromatic nitrogens is 1. The predicted octanol–water partition coefficient (Wildman–Crippen LogP) is 0.795. The van der Waals surface area contributed by atoms with Gasteiger partial charge in [0.1, 0.15) is 5.75 Å². The van der Waals surface area contributed by atoms with Gasteiger partial charge >= 0.3 is 29.6 Å². The molecule has 0 aliphatic carbocycles. The third kappa shape index (κ3) is 6.35. The van der Waals surface area contributed by atoms with Gasteiger partial charge in [-0.15, -0.1) is 0 Å². The zero-order valence-corrected chi connectivity index (χ0v) is 22.7. The van der Waals surface area contributed by atoms with Crippen molar-refractivity contribution in [3.63, 3.8) is 0 Å². The number of carboxylic acids is 1. The summed E-state index contributed by atoms with van der Waals surface area (Å²) < 4.78 is 15.9. The maximum absolute atomic E-state index is 13.6. The molecule has 0 unspecified atom stereocenters. The number of nitrogens with zero attached hydrogens (tertiary/aromatic N) is 1. The molecule has 180 valence electrons. The van der Waals surface area contributed by atoms with Crippen molar-refractivity contribution in [2.45, 2.75) is 32.6 Å². The van der Waals surface area contributed by atoms with Gasteiger partial charge in [-0.3, -0.25) is 9.78 Å². The van der Waals surface area contributed by atoms with Crippen molar-refractivity contribution in [1.29, 1.82) is 0 Å². The molecule has 0 saturated carbocycles. The van der Waals surface area contributed by atoms with E-state index in [1.54, 1.807) is 48.7 Å². The van der Waals surface area contributed by atoms with Crippen LogP contribution in [-0.2, 0) is 17.6 Å². The van der Waals surface area contributed by atoms with E-state index in [2.05, 4.69) is 11.9 Å². The number of pyridine rings is 1. The van der Waals surface area contributed by atoms with Crippen molar-refractivity contribution in [3.8, 4) is 17.2 Å². The molecule has 8 heteroatoms. The first kappa shape index (κ1) is 27.5. The molecule has 2 aromatic carbocycles. The maximum atomic E-state index is 13.6. The van der Waals surface area contributed by atoms with Crippen LogP contribution in [0.4, 0.5) is 0 Å². The van der Waals surface area contributed by atoms with Gasteiger partial charge in [-0.2, -0.15) is 0 Å². The monoisotopic (exact) mass is 495 g/mol. The van der Waals surface area contributed by atoms with Gasteiger partial charge in [0.25, 0.3) is 0 Å². The molecule has 3 aromatic rings. The third-order valence-corrected chi connectivity index (χ3v) is 5.85. The van der Waals surface area contributed by atoms with Crippen LogP contribution in [0.2, 0.25) is 0 Å². The first-order valence-corrected chi connectivity index (χ1v) is 11.5. The molecule has 0 saturated heterocycles. The number of hydrogen-bond acceptors (Lipinski definition) is 7. The maximum Gasteiger partial charge on any atom is 1.00 e. The van der Waals surface area contributed by atoms with Gasteiger partial charge in [0.05, 0.1) is 13.1 Å². The number of carboxylic acid groups (broad SMARTS) is 1. The van der Waals surface area contributed by atoms with E-state index >= 15 is 0 Å². The fraction of sp³-hybridized carbons (Fsp3) is 0.250. The Bertz CT molecular complexity index is 1250. The summed E-state index contributed by atoms with van der Waals surface area (Å²) >= 11 is 0. The zero-order valence-electron chi connectivity index (χ0n) is 20.7. The van der Waals surface area contributed by atoms with E-state index in [1.807, 2.05) is 12.1 Å². The van der Waals surface area contributed by atoms with Crippen LogP contribution in [0.15, 0.2) is 66.4 Å². The molecule has 0 spiro atoms. The standard InChI is InChI=1S/C28H27NO6.Na/c1-3-4-5-21-10-6-18(16-29-21)14-23(27(30)19-7-11-22(33-2)12-8-19)26(28(31)32)20-9-13-24-25(15-20)35-17-34-24;/h6-13,15-16H,3-5,14,17H2,1-2H3,(H,31,32);/q;+1/p-1/b26-23-;. The Morgan fingerprint density at radius 2 is 1.72 bits per heavy atom. The fourth-order valence-electron chi connectivity index (χ4n) is 3.94. The molecule has 0 N–H and O–H groups in total. The van der Waals surface area contributed by atoms with E-state index in [0.717, 1.165) is 30.5 Å². The number of hydrogen-bond donors (Lipinski definition) is 0. The van der Waals surface area contributed by atoms with Crippen LogP contribution in [-0.4, -0.2) is 30.6 Å². The number of fused-ring (bicyclic) bond motifs is 1. The Hall–Kier alpha value is -3.13. The summed E-state index contributed by atoms with van der Waals surface area (Å²) in [7, 11) is 1.53. The van der Waals surface area contributed by atoms with E-state index in [0.29, 0.717) is 28.4 Å². The molecular formula is C28H26NNaO6. The number of allylic oxidation sites excluding steroid dienone is 1. The van der Waals surface area contributed by atoms with E-state index in [-0.39, 0.29) is 53.9 Å². The van der Waals surface area contributed by atoms with Crippen LogP contribution < -0.4 is 48.9 Å². The fourth-order valence-corrected chi connectivity index (χ4v) is 3.94. The molecule has 36 heavy (non-hydrogen) atoms. The average Bonchev–Trinajstić information content (AvgIpc) is 3.35. The number of aliphatic carboxylic acids is 1. The Labute approximate surface area is 232 Å². The molecule has 0 atom stereocenters. The average molecular weight is 496 g/mol. The third-order valence-electron chi connectivity index (χ3n) is 5.85. The van der Waals surface area contributed by atoms with Crippen molar-refractivity contribution < 1.29 is 58.5 Å². The Morgan fingerprint density at radius 3 is 2.36 bits per heavy atom. The van der Waals surface area contributed by atoms with Gasteiger partial charge in [-0.05, 0) is 66.4 Å². The van der Waals surface area contributed by atoms with E-state index in [4.69, 9.17) is 14.2 Å². The van der Waals surface area contributed by atoms with Crippen LogP contribution in [0, 0.1) is 0 Å². The molecule has 0 fully saturated rings. The number of rotatable bonds is 10. The summed E-state index contributed by atoms with van der Waals surface area (Å²) in [5.74, 6) is -0.344. The number of ketones is 1. The quantitative estimate of drug-likeness (QED) is 0.233. The second kappa shape index (κ2) is 12.7. The molecule has 4 rings (SSSR count). The largest absolute Gasteiger partial charge is 1.00 e. The summed E-state index contributed by atoms with van der Waals surface area (Å²) in [6.07, 6.45) is 4.73. The molecule has 1 aromatic heterocycles. The number of Topliss-reactive ketones (excluding diaryl/α,β-unsaturated/α-hetero) is 1. The zero-order chi connectivity index (χ0) is 24.8.